The van der Waals surface area contributed by atoms with E-state index in [4.69, 9.17) is 11.6 Å². The van der Waals surface area contributed by atoms with Gasteiger partial charge in [0.05, 0.1) is 11.9 Å². The maximum absolute atomic E-state index is 11.9. The number of nitrogens with zero attached hydrogens (tertiary/aromatic N) is 1. The number of carbonyl (C=O) groups is 2. The predicted molar refractivity (Wildman–Crippen MR) is 90.8 cm³/mol. The lowest BCUT2D eigenvalue weighted by Gasteiger charge is -2.06. The van der Waals surface area contributed by atoms with Crippen molar-refractivity contribution in [3.05, 3.63) is 53.8 Å². The van der Waals surface area contributed by atoms with Gasteiger partial charge in [0.2, 0.25) is 11.8 Å². The quantitative estimate of drug-likeness (QED) is 0.833. The SMILES string of the molecule is O=C(C[S@@](=O)CC(=O)Nc1cccnc1)Nc1ccc(Cl)cc1. The van der Waals surface area contributed by atoms with Crippen LogP contribution < -0.4 is 10.6 Å². The lowest BCUT2D eigenvalue weighted by atomic mass is 10.3. The number of hydrogen-bond donors (Lipinski definition) is 2. The Kier molecular flexibility index (Phi) is 6.25. The van der Waals surface area contributed by atoms with Gasteiger partial charge in [-0.15, -0.1) is 0 Å². The molecule has 0 aliphatic heterocycles. The molecule has 8 heteroatoms. The van der Waals surface area contributed by atoms with E-state index in [9.17, 15) is 13.8 Å². The van der Waals surface area contributed by atoms with Gasteiger partial charge < -0.3 is 10.6 Å². The van der Waals surface area contributed by atoms with Crippen LogP contribution in [0.25, 0.3) is 0 Å². The zero-order valence-electron chi connectivity index (χ0n) is 12.0. The van der Waals surface area contributed by atoms with E-state index in [0.717, 1.165) is 0 Å². The van der Waals surface area contributed by atoms with Gasteiger partial charge in [0.25, 0.3) is 0 Å². The molecule has 6 nitrogen and oxygen atoms in total. The van der Waals surface area contributed by atoms with Crippen LogP contribution in [0.5, 0.6) is 0 Å². The maximum Gasteiger partial charge on any atom is 0.237 e. The Balaban J connectivity index is 1.78. The number of rotatable bonds is 6. The standard InChI is InChI=1S/C15H14ClN3O3S/c16-11-3-5-12(6-4-11)18-14(20)9-23(22)10-15(21)19-13-2-1-7-17-8-13/h1-8H,9-10H2,(H,18,20)(H,19,21)/t23-/m1/s1. The Bertz CT molecular complexity index is 708. The second-order valence-electron chi connectivity index (χ2n) is 4.57. The number of halogens is 1. The van der Waals surface area contributed by atoms with Crippen LogP contribution in [0.1, 0.15) is 0 Å². The number of nitrogens with one attached hydrogen (secondary N) is 2. The van der Waals surface area contributed by atoms with E-state index >= 15 is 0 Å². The van der Waals surface area contributed by atoms with E-state index < -0.39 is 22.6 Å². The molecule has 1 atom stereocenters. The number of amides is 2. The summed E-state index contributed by atoms with van der Waals surface area (Å²) in [5, 5.41) is 5.71. The number of hydrogen-bond acceptors (Lipinski definition) is 4. The first-order chi connectivity index (χ1) is 11.0. The third kappa shape index (κ3) is 6.17. The van der Waals surface area contributed by atoms with Gasteiger partial charge in [0.15, 0.2) is 0 Å². The summed E-state index contributed by atoms with van der Waals surface area (Å²) < 4.78 is 11.9. The lowest BCUT2D eigenvalue weighted by molar-refractivity contribution is -0.114. The largest absolute Gasteiger partial charge is 0.325 e. The van der Waals surface area contributed by atoms with Gasteiger partial charge in [-0.25, -0.2) is 0 Å². The van der Waals surface area contributed by atoms with Crippen LogP contribution in [-0.4, -0.2) is 32.5 Å². The van der Waals surface area contributed by atoms with Gasteiger partial charge in [-0.05, 0) is 36.4 Å². The molecule has 2 amide bonds. The lowest BCUT2D eigenvalue weighted by Crippen LogP contribution is -2.26. The molecule has 0 bridgehead atoms. The van der Waals surface area contributed by atoms with Gasteiger partial charge in [-0.2, -0.15) is 0 Å². The van der Waals surface area contributed by atoms with E-state index in [0.29, 0.717) is 16.4 Å². The van der Waals surface area contributed by atoms with Crippen LogP contribution in [0.15, 0.2) is 48.8 Å². The van der Waals surface area contributed by atoms with E-state index in [2.05, 4.69) is 15.6 Å². The van der Waals surface area contributed by atoms with Crippen molar-refractivity contribution >= 4 is 45.6 Å². The fourth-order valence-electron chi connectivity index (χ4n) is 1.71. The summed E-state index contributed by atoms with van der Waals surface area (Å²) in [6, 6.07) is 9.88. The van der Waals surface area contributed by atoms with Crippen molar-refractivity contribution in [3.63, 3.8) is 0 Å². The highest BCUT2D eigenvalue weighted by Gasteiger charge is 2.13. The summed E-state index contributed by atoms with van der Waals surface area (Å²) >= 11 is 5.75. The molecular formula is C15H14ClN3O3S. The van der Waals surface area contributed by atoms with Crippen molar-refractivity contribution in [1.82, 2.24) is 4.98 Å². The fourth-order valence-corrected chi connectivity index (χ4v) is 2.66. The first kappa shape index (κ1) is 17.1. The predicted octanol–water partition coefficient (Wildman–Crippen LogP) is 2.06. The van der Waals surface area contributed by atoms with Crippen molar-refractivity contribution < 1.29 is 13.8 Å². The molecule has 0 radical (unpaired) electrons. The average Bonchev–Trinajstić information content (AvgIpc) is 2.50. The monoisotopic (exact) mass is 351 g/mol. The molecule has 2 rings (SSSR count). The van der Waals surface area contributed by atoms with E-state index in [1.807, 2.05) is 0 Å². The summed E-state index contributed by atoms with van der Waals surface area (Å²) in [6.07, 6.45) is 3.06. The summed E-state index contributed by atoms with van der Waals surface area (Å²) in [7, 11) is -1.60. The van der Waals surface area contributed by atoms with Crippen LogP contribution in [0.4, 0.5) is 11.4 Å². The molecule has 2 aromatic rings. The molecule has 0 unspecified atom stereocenters. The molecule has 0 spiro atoms. The number of pyridine rings is 1. The second-order valence-corrected chi connectivity index (χ2v) is 6.47. The Morgan fingerprint density at radius 3 is 2.17 bits per heavy atom. The highest BCUT2D eigenvalue weighted by atomic mass is 35.5. The van der Waals surface area contributed by atoms with Crippen LogP contribution in [0.2, 0.25) is 5.02 Å². The average molecular weight is 352 g/mol. The van der Waals surface area contributed by atoms with Gasteiger partial charge in [-0.1, -0.05) is 11.6 Å². The molecule has 1 heterocycles. The van der Waals surface area contributed by atoms with Gasteiger partial charge in [0, 0.05) is 27.7 Å². The molecule has 1 aromatic carbocycles. The van der Waals surface area contributed by atoms with Crippen molar-refractivity contribution in [2.24, 2.45) is 0 Å². The molecule has 120 valence electrons. The Morgan fingerprint density at radius 1 is 1.00 bits per heavy atom. The molecule has 2 N–H and O–H groups in total. The first-order valence-electron chi connectivity index (χ1n) is 6.63. The number of benzene rings is 1. The zero-order valence-corrected chi connectivity index (χ0v) is 13.6. The molecule has 0 fully saturated rings. The smallest absolute Gasteiger partial charge is 0.237 e. The molecule has 1 aromatic heterocycles. The van der Waals surface area contributed by atoms with Crippen LogP contribution in [0.3, 0.4) is 0 Å². The van der Waals surface area contributed by atoms with Crippen molar-refractivity contribution in [1.29, 1.82) is 0 Å². The Morgan fingerprint density at radius 2 is 1.61 bits per heavy atom. The van der Waals surface area contributed by atoms with Crippen molar-refractivity contribution in [2.45, 2.75) is 0 Å². The number of aromatic nitrogens is 1. The number of carbonyl (C=O) groups excluding carboxylic acids is 2. The van der Waals surface area contributed by atoms with Gasteiger partial charge in [0.1, 0.15) is 11.5 Å². The normalized spacial score (nSPS) is 11.5. The van der Waals surface area contributed by atoms with Crippen LogP contribution >= 0.6 is 11.6 Å². The Labute approximate surface area is 140 Å². The minimum absolute atomic E-state index is 0.261. The second kappa shape index (κ2) is 8.40. The topological polar surface area (TPSA) is 88.2 Å². The number of anilines is 2. The third-order valence-corrected chi connectivity index (χ3v) is 4.08. The molecule has 0 saturated heterocycles. The third-order valence-electron chi connectivity index (χ3n) is 2.66. The van der Waals surface area contributed by atoms with Crippen LogP contribution in [0, 0.1) is 0 Å². The summed E-state index contributed by atoms with van der Waals surface area (Å²) in [5.74, 6) is -1.39. The van der Waals surface area contributed by atoms with Gasteiger partial charge in [-0.3, -0.25) is 18.8 Å². The highest BCUT2D eigenvalue weighted by molar-refractivity contribution is 7.86. The molecular weight excluding hydrogens is 338 g/mol. The fraction of sp³-hybridized carbons (Fsp3) is 0.133. The minimum atomic E-state index is -1.60. The summed E-state index contributed by atoms with van der Waals surface area (Å²) in [4.78, 5) is 27.3. The van der Waals surface area contributed by atoms with Crippen molar-refractivity contribution in [3.8, 4) is 0 Å². The Hall–Kier alpha value is -2.25. The van der Waals surface area contributed by atoms with Crippen LogP contribution in [-0.2, 0) is 20.4 Å². The van der Waals surface area contributed by atoms with Gasteiger partial charge >= 0.3 is 0 Å². The van der Waals surface area contributed by atoms with E-state index in [-0.39, 0.29) is 11.5 Å². The minimum Gasteiger partial charge on any atom is -0.325 e. The zero-order chi connectivity index (χ0) is 16.7. The maximum atomic E-state index is 11.9. The molecule has 0 aliphatic rings. The van der Waals surface area contributed by atoms with Crippen molar-refractivity contribution in [2.75, 3.05) is 22.1 Å². The van der Waals surface area contributed by atoms with E-state index in [1.165, 1.54) is 6.20 Å². The molecule has 23 heavy (non-hydrogen) atoms. The molecule has 0 aliphatic carbocycles. The molecule has 0 saturated carbocycles. The highest BCUT2D eigenvalue weighted by Crippen LogP contribution is 2.13. The van der Waals surface area contributed by atoms with E-state index in [1.54, 1.807) is 42.6 Å². The summed E-state index contributed by atoms with van der Waals surface area (Å²) in [5.41, 5.74) is 1.07. The summed E-state index contributed by atoms with van der Waals surface area (Å²) in [6.45, 7) is 0. The first-order valence-corrected chi connectivity index (χ1v) is 8.50.